The molecule has 0 spiro atoms. The number of esters is 1. The molecule has 0 aromatic heterocycles. The average Bonchev–Trinajstić information content (AvgIpc) is 2.62. The SMILES string of the molecule is CCCCCCCCC(CCCCCC)COC(=O)CCCCCN. The van der Waals surface area contributed by atoms with Crippen molar-refractivity contribution in [3.63, 3.8) is 0 Å². The second kappa shape index (κ2) is 19.8. The van der Waals surface area contributed by atoms with Crippen LogP contribution in [-0.2, 0) is 9.53 Å². The Labute approximate surface area is 157 Å². The van der Waals surface area contributed by atoms with Gasteiger partial charge < -0.3 is 10.5 Å². The molecule has 150 valence electrons. The first kappa shape index (κ1) is 24.4. The van der Waals surface area contributed by atoms with E-state index in [1.807, 2.05) is 0 Å². The maximum Gasteiger partial charge on any atom is 0.305 e. The van der Waals surface area contributed by atoms with Gasteiger partial charge in [0.25, 0.3) is 0 Å². The predicted molar refractivity (Wildman–Crippen MR) is 109 cm³/mol. The summed E-state index contributed by atoms with van der Waals surface area (Å²) in [6.07, 6.45) is 19.2. The maximum absolute atomic E-state index is 11.9. The van der Waals surface area contributed by atoms with Gasteiger partial charge in [-0.25, -0.2) is 0 Å². The third-order valence-electron chi connectivity index (χ3n) is 5.00. The van der Waals surface area contributed by atoms with E-state index in [1.54, 1.807) is 0 Å². The fourth-order valence-electron chi connectivity index (χ4n) is 3.26. The second-order valence-electron chi connectivity index (χ2n) is 7.55. The number of ether oxygens (including phenoxy) is 1. The lowest BCUT2D eigenvalue weighted by atomic mass is 9.95. The van der Waals surface area contributed by atoms with Gasteiger partial charge in [0, 0.05) is 6.42 Å². The molecular formula is C22H45NO2. The summed E-state index contributed by atoms with van der Waals surface area (Å²) in [7, 11) is 0. The molecule has 0 rings (SSSR count). The molecule has 0 heterocycles. The number of carbonyl (C=O) groups is 1. The van der Waals surface area contributed by atoms with Crippen LogP contribution in [-0.4, -0.2) is 19.1 Å². The molecule has 0 aromatic rings. The van der Waals surface area contributed by atoms with Gasteiger partial charge in [-0.1, -0.05) is 84.5 Å². The van der Waals surface area contributed by atoms with Crippen LogP contribution >= 0.6 is 0 Å². The fourth-order valence-corrected chi connectivity index (χ4v) is 3.26. The highest BCUT2D eigenvalue weighted by molar-refractivity contribution is 5.69. The molecule has 0 aliphatic carbocycles. The summed E-state index contributed by atoms with van der Waals surface area (Å²) in [6.45, 7) is 5.86. The zero-order chi connectivity index (χ0) is 18.6. The van der Waals surface area contributed by atoms with Crippen LogP contribution < -0.4 is 5.73 Å². The third kappa shape index (κ3) is 18.0. The Bertz CT molecular complexity index is 281. The van der Waals surface area contributed by atoms with Gasteiger partial charge in [0.05, 0.1) is 6.61 Å². The molecule has 0 fully saturated rings. The summed E-state index contributed by atoms with van der Waals surface area (Å²) in [5, 5.41) is 0. The fraction of sp³-hybridized carbons (Fsp3) is 0.955. The number of hydrogen-bond acceptors (Lipinski definition) is 3. The van der Waals surface area contributed by atoms with Crippen LogP contribution in [0.2, 0.25) is 0 Å². The predicted octanol–water partition coefficient (Wildman–Crippen LogP) is 6.39. The van der Waals surface area contributed by atoms with E-state index >= 15 is 0 Å². The van der Waals surface area contributed by atoms with E-state index in [2.05, 4.69) is 13.8 Å². The quantitative estimate of drug-likeness (QED) is 0.216. The summed E-state index contributed by atoms with van der Waals surface area (Å²) in [6, 6.07) is 0. The van der Waals surface area contributed by atoms with E-state index < -0.39 is 0 Å². The van der Waals surface area contributed by atoms with Crippen molar-refractivity contribution in [1.29, 1.82) is 0 Å². The minimum absolute atomic E-state index is 0.0153. The van der Waals surface area contributed by atoms with Crippen LogP contribution in [0, 0.1) is 5.92 Å². The number of rotatable bonds is 19. The molecule has 1 atom stereocenters. The van der Waals surface area contributed by atoms with Crippen LogP contribution in [0.1, 0.15) is 117 Å². The lowest BCUT2D eigenvalue weighted by Crippen LogP contribution is -2.14. The zero-order valence-electron chi connectivity index (χ0n) is 17.2. The smallest absolute Gasteiger partial charge is 0.305 e. The van der Waals surface area contributed by atoms with E-state index in [9.17, 15) is 4.79 Å². The summed E-state index contributed by atoms with van der Waals surface area (Å²) in [5.41, 5.74) is 5.48. The molecule has 2 N–H and O–H groups in total. The van der Waals surface area contributed by atoms with E-state index in [-0.39, 0.29) is 5.97 Å². The third-order valence-corrected chi connectivity index (χ3v) is 5.00. The molecule has 0 radical (unpaired) electrons. The lowest BCUT2D eigenvalue weighted by Gasteiger charge is -2.17. The molecule has 0 aromatic carbocycles. The van der Waals surface area contributed by atoms with Crippen LogP contribution in [0.4, 0.5) is 0 Å². The van der Waals surface area contributed by atoms with Crippen LogP contribution in [0.5, 0.6) is 0 Å². The van der Waals surface area contributed by atoms with Gasteiger partial charge in [0.15, 0.2) is 0 Å². The van der Waals surface area contributed by atoms with Crippen molar-refractivity contribution in [2.75, 3.05) is 13.2 Å². The van der Waals surface area contributed by atoms with Crippen molar-refractivity contribution in [2.24, 2.45) is 11.7 Å². The summed E-state index contributed by atoms with van der Waals surface area (Å²) < 4.78 is 5.57. The Morgan fingerprint density at radius 3 is 1.88 bits per heavy atom. The molecule has 0 bridgehead atoms. The monoisotopic (exact) mass is 355 g/mol. The van der Waals surface area contributed by atoms with Gasteiger partial charge in [0.1, 0.15) is 0 Å². The van der Waals surface area contributed by atoms with Crippen molar-refractivity contribution < 1.29 is 9.53 Å². The molecular weight excluding hydrogens is 310 g/mol. The number of unbranched alkanes of at least 4 members (excludes halogenated alkanes) is 10. The van der Waals surface area contributed by atoms with Gasteiger partial charge in [-0.15, -0.1) is 0 Å². The second-order valence-corrected chi connectivity index (χ2v) is 7.55. The number of nitrogens with two attached hydrogens (primary N) is 1. The van der Waals surface area contributed by atoms with Gasteiger partial charge in [-0.05, 0) is 38.1 Å². The Morgan fingerprint density at radius 2 is 1.28 bits per heavy atom. The molecule has 0 aliphatic heterocycles. The molecule has 0 saturated heterocycles. The lowest BCUT2D eigenvalue weighted by molar-refractivity contribution is -0.145. The molecule has 0 aliphatic rings. The topological polar surface area (TPSA) is 52.3 Å². The Balaban J connectivity index is 3.92. The van der Waals surface area contributed by atoms with Crippen LogP contribution in [0.3, 0.4) is 0 Å². The molecule has 3 heteroatoms. The van der Waals surface area contributed by atoms with E-state index in [0.717, 1.165) is 19.3 Å². The van der Waals surface area contributed by atoms with Gasteiger partial charge in [-0.3, -0.25) is 4.79 Å². The Morgan fingerprint density at radius 1 is 0.760 bits per heavy atom. The van der Waals surface area contributed by atoms with Gasteiger partial charge >= 0.3 is 5.97 Å². The minimum atomic E-state index is -0.0153. The first-order chi connectivity index (χ1) is 12.2. The van der Waals surface area contributed by atoms with Crippen molar-refractivity contribution in [2.45, 2.75) is 117 Å². The van der Waals surface area contributed by atoms with Crippen LogP contribution in [0.25, 0.3) is 0 Å². The molecule has 1 unspecified atom stereocenters. The zero-order valence-corrected chi connectivity index (χ0v) is 17.2. The summed E-state index contributed by atoms with van der Waals surface area (Å²) in [4.78, 5) is 11.9. The molecule has 3 nitrogen and oxygen atoms in total. The Kier molecular flexibility index (Phi) is 19.3. The maximum atomic E-state index is 11.9. The average molecular weight is 356 g/mol. The van der Waals surface area contributed by atoms with Crippen molar-refractivity contribution in [3.05, 3.63) is 0 Å². The number of hydrogen-bond donors (Lipinski definition) is 1. The van der Waals surface area contributed by atoms with Crippen LogP contribution in [0.15, 0.2) is 0 Å². The summed E-state index contributed by atoms with van der Waals surface area (Å²) in [5.74, 6) is 0.551. The first-order valence-corrected chi connectivity index (χ1v) is 11.1. The van der Waals surface area contributed by atoms with Crippen molar-refractivity contribution in [1.82, 2.24) is 0 Å². The normalized spacial score (nSPS) is 12.3. The highest BCUT2D eigenvalue weighted by Crippen LogP contribution is 2.19. The highest BCUT2D eigenvalue weighted by Gasteiger charge is 2.12. The first-order valence-electron chi connectivity index (χ1n) is 11.1. The highest BCUT2D eigenvalue weighted by atomic mass is 16.5. The largest absolute Gasteiger partial charge is 0.465 e. The Hall–Kier alpha value is -0.570. The molecule has 0 saturated carbocycles. The van der Waals surface area contributed by atoms with E-state index in [0.29, 0.717) is 25.5 Å². The standard InChI is InChI=1S/C22H45NO2/c1-3-5-7-9-10-13-17-21(16-12-8-6-4-2)20-25-22(24)18-14-11-15-19-23/h21H,3-20,23H2,1-2H3. The van der Waals surface area contributed by atoms with Crippen molar-refractivity contribution in [3.8, 4) is 0 Å². The molecule has 25 heavy (non-hydrogen) atoms. The van der Waals surface area contributed by atoms with Gasteiger partial charge in [0.2, 0.25) is 0 Å². The van der Waals surface area contributed by atoms with Crippen molar-refractivity contribution >= 4 is 5.97 Å². The van der Waals surface area contributed by atoms with Gasteiger partial charge in [-0.2, -0.15) is 0 Å². The molecule has 0 amide bonds. The van der Waals surface area contributed by atoms with E-state index in [1.165, 1.54) is 77.0 Å². The summed E-state index contributed by atoms with van der Waals surface area (Å²) >= 11 is 0. The minimum Gasteiger partial charge on any atom is -0.465 e. The number of carbonyl (C=O) groups excluding carboxylic acids is 1. The van der Waals surface area contributed by atoms with E-state index in [4.69, 9.17) is 10.5 Å².